The first-order valence-electron chi connectivity index (χ1n) is 9.51. The lowest BCUT2D eigenvalue weighted by Crippen LogP contribution is -2.47. The molecule has 31 heavy (non-hydrogen) atoms. The molecule has 3 amide bonds. The molecule has 0 saturated carbocycles. The van der Waals surface area contributed by atoms with Gasteiger partial charge in [0.05, 0.1) is 11.5 Å². The second-order valence-corrected chi connectivity index (χ2v) is 8.31. The molecule has 0 spiro atoms. The van der Waals surface area contributed by atoms with Crippen LogP contribution in [0.25, 0.3) is 6.08 Å². The fourth-order valence-electron chi connectivity index (χ4n) is 2.70. The zero-order valence-electron chi connectivity index (χ0n) is 17.0. The topological polar surface area (TPSA) is 87.7 Å². The van der Waals surface area contributed by atoms with Crippen molar-refractivity contribution in [2.24, 2.45) is 0 Å². The van der Waals surface area contributed by atoms with Crippen molar-refractivity contribution >= 4 is 52.1 Å². The van der Waals surface area contributed by atoms with Gasteiger partial charge in [0.15, 0.2) is 0 Å². The minimum absolute atomic E-state index is 0.280. The molecule has 0 unspecified atom stereocenters. The molecule has 1 fully saturated rings. The standard InChI is InChI=1S/C22H21N3O4S2/c1-3-29-17-10-6-15(7-11-17)12-18-21(28)25(22(30)31-18)13-19(26)23-24-20(27)16-8-4-14(2)5-9-16/h4-12H,3,13H2,1-2H3,(H,23,26)(H,24,27)/b18-12-. The molecule has 2 aromatic carbocycles. The van der Waals surface area contributed by atoms with Gasteiger partial charge in [-0.1, -0.05) is 53.8 Å². The SMILES string of the molecule is CCOc1ccc(/C=C2\SC(=S)N(CC(=O)NNC(=O)c3ccc(C)cc3)C2=O)cc1. The van der Waals surface area contributed by atoms with Crippen molar-refractivity contribution in [2.75, 3.05) is 13.2 Å². The van der Waals surface area contributed by atoms with Crippen LogP contribution in [-0.2, 0) is 9.59 Å². The number of hydrazine groups is 1. The van der Waals surface area contributed by atoms with Crippen LogP contribution in [0.1, 0.15) is 28.4 Å². The van der Waals surface area contributed by atoms with Crippen LogP contribution in [0.2, 0.25) is 0 Å². The summed E-state index contributed by atoms with van der Waals surface area (Å²) in [5.41, 5.74) is 6.90. The van der Waals surface area contributed by atoms with Crippen molar-refractivity contribution in [3.63, 3.8) is 0 Å². The number of rotatable bonds is 6. The maximum atomic E-state index is 12.7. The summed E-state index contributed by atoms with van der Waals surface area (Å²) in [5, 5.41) is 0. The molecule has 0 aromatic heterocycles. The molecule has 9 heteroatoms. The molecule has 0 radical (unpaired) electrons. The molecule has 160 valence electrons. The first-order valence-corrected chi connectivity index (χ1v) is 10.7. The van der Waals surface area contributed by atoms with Gasteiger partial charge in [-0.25, -0.2) is 0 Å². The van der Waals surface area contributed by atoms with E-state index in [1.807, 2.05) is 38.1 Å². The quantitative estimate of drug-likeness (QED) is 0.396. The number of aryl methyl sites for hydroxylation is 1. The molecule has 0 bridgehead atoms. The van der Waals surface area contributed by atoms with Crippen molar-refractivity contribution in [2.45, 2.75) is 13.8 Å². The number of hydrogen-bond acceptors (Lipinski definition) is 6. The molecule has 1 heterocycles. The number of carbonyl (C=O) groups is 3. The predicted molar refractivity (Wildman–Crippen MR) is 124 cm³/mol. The Morgan fingerprint density at radius 2 is 1.77 bits per heavy atom. The first-order chi connectivity index (χ1) is 14.9. The summed E-state index contributed by atoms with van der Waals surface area (Å²) in [6.45, 7) is 4.10. The minimum atomic E-state index is -0.556. The molecular weight excluding hydrogens is 434 g/mol. The number of nitrogens with one attached hydrogen (secondary N) is 2. The minimum Gasteiger partial charge on any atom is -0.494 e. The van der Waals surface area contributed by atoms with Crippen molar-refractivity contribution in [1.29, 1.82) is 0 Å². The molecule has 0 aliphatic carbocycles. The highest BCUT2D eigenvalue weighted by atomic mass is 32.2. The zero-order valence-corrected chi connectivity index (χ0v) is 18.6. The monoisotopic (exact) mass is 455 g/mol. The summed E-state index contributed by atoms with van der Waals surface area (Å²) < 4.78 is 5.69. The Balaban J connectivity index is 1.57. The van der Waals surface area contributed by atoms with Crippen LogP contribution in [0.4, 0.5) is 0 Å². The summed E-state index contributed by atoms with van der Waals surface area (Å²) in [7, 11) is 0. The molecule has 0 atom stereocenters. The van der Waals surface area contributed by atoms with Gasteiger partial charge in [-0.3, -0.25) is 30.1 Å². The Morgan fingerprint density at radius 3 is 2.42 bits per heavy atom. The Labute approximate surface area is 189 Å². The lowest BCUT2D eigenvalue weighted by molar-refractivity contribution is -0.129. The van der Waals surface area contributed by atoms with E-state index in [1.54, 1.807) is 30.3 Å². The van der Waals surface area contributed by atoms with E-state index >= 15 is 0 Å². The highest BCUT2D eigenvalue weighted by Crippen LogP contribution is 2.32. The maximum Gasteiger partial charge on any atom is 0.269 e. The average molecular weight is 456 g/mol. The summed E-state index contributed by atoms with van der Waals surface area (Å²) in [4.78, 5) is 38.6. The van der Waals surface area contributed by atoms with Crippen LogP contribution in [0.15, 0.2) is 53.4 Å². The number of thioether (sulfide) groups is 1. The van der Waals surface area contributed by atoms with Crippen LogP contribution < -0.4 is 15.6 Å². The third-order valence-corrected chi connectivity index (χ3v) is 5.67. The van der Waals surface area contributed by atoms with Crippen molar-refractivity contribution in [3.8, 4) is 5.75 Å². The molecule has 1 aliphatic heterocycles. The molecule has 1 aliphatic rings. The molecule has 2 N–H and O–H groups in total. The molecule has 7 nitrogen and oxygen atoms in total. The molecular formula is C22H21N3O4S2. The number of thiocarbonyl (C=S) groups is 1. The summed E-state index contributed by atoms with van der Waals surface area (Å²) >= 11 is 6.37. The Kier molecular flexibility index (Phi) is 7.43. The lowest BCUT2D eigenvalue weighted by Gasteiger charge is -2.14. The van der Waals surface area contributed by atoms with Crippen LogP contribution >= 0.6 is 24.0 Å². The van der Waals surface area contributed by atoms with E-state index in [0.29, 0.717) is 17.1 Å². The summed E-state index contributed by atoms with van der Waals surface area (Å²) in [5.74, 6) is -0.617. The van der Waals surface area contributed by atoms with Gasteiger partial charge >= 0.3 is 0 Å². The molecule has 3 rings (SSSR count). The van der Waals surface area contributed by atoms with E-state index in [9.17, 15) is 14.4 Å². The average Bonchev–Trinajstić information content (AvgIpc) is 3.01. The van der Waals surface area contributed by atoms with Crippen molar-refractivity contribution in [3.05, 3.63) is 70.1 Å². The van der Waals surface area contributed by atoms with Gasteiger partial charge in [0.25, 0.3) is 17.7 Å². The van der Waals surface area contributed by atoms with Crippen LogP contribution in [0.5, 0.6) is 5.75 Å². The highest BCUT2D eigenvalue weighted by Gasteiger charge is 2.33. The first kappa shape index (κ1) is 22.5. The van der Waals surface area contributed by atoms with Gasteiger partial charge in [0.1, 0.15) is 16.6 Å². The third kappa shape index (κ3) is 5.93. The smallest absolute Gasteiger partial charge is 0.269 e. The Morgan fingerprint density at radius 1 is 1.10 bits per heavy atom. The van der Waals surface area contributed by atoms with Crippen molar-refractivity contribution < 1.29 is 19.1 Å². The Bertz CT molecular complexity index is 1030. The fourth-order valence-corrected chi connectivity index (χ4v) is 3.96. The predicted octanol–water partition coefficient (Wildman–Crippen LogP) is 3.06. The van der Waals surface area contributed by atoms with E-state index in [0.717, 1.165) is 28.6 Å². The molecule has 2 aromatic rings. The lowest BCUT2D eigenvalue weighted by atomic mass is 10.1. The largest absolute Gasteiger partial charge is 0.494 e. The summed E-state index contributed by atoms with van der Waals surface area (Å²) in [6, 6.07) is 14.2. The summed E-state index contributed by atoms with van der Waals surface area (Å²) in [6.07, 6.45) is 1.71. The van der Waals surface area contributed by atoms with E-state index < -0.39 is 11.8 Å². The maximum absolute atomic E-state index is 12.7. The number of amides is 3. The number of ether oxygens (including phenoxy) is 1. The normalized spacial score (nSPS) is 14.6. The van der Waals surface area contributed by atoms with Crippen molar-refractivity contribution in [1.82, 2.24) is 15.8 Å². The fraction of sp³-hybridized carbons (Fsp3) is 0.182. The van der Waals surface area contributed by atoms with E-state index in [4.69, 9.17) is 17.0 Å². The van der Waals surface area contributed by atoms with Crippen LogP contribution in [0, 0.1) is 6.92 Å². The number of nitrogens with zero attached hydrogens (tertiary/aromatic N) is 1. The third-order valence-electron chi connectivity index (χ3n) is 4.29. The Hall–Kier alpha value is -3.17. The van der Waals surface area contributed by atoms with Gasteiger partial charge in [-0.05, 0) is 49.8 Å². The zero-order chi connectivity index (χ0) is 22.4. The van der Waals surface area contributed by atoms with E-state index in [-0.39, 0.29) is 16.8 Å². The van der Waals surface area contributed by atoms with E-state index in [2.05, 4.69) is 10.9 Å². The second-order valence-electron chi connectivity index (χ2n) is 6.64. The van der Waals surface area contributed by atoms with Gasteiger partial charge < -0.3 is 4.74 Å². The van der Waals surface area contributed by atoms with E-state index in [1.165, 1.54) is 4.90 Å². The van der Waals surface area contributed by atoms with Gasteiger partial charge in [-0.2, -0.15) is 0 Å². The number of carbonyl (C=O) groups excluding carboxylic acids is 3. The molecule has 1 saturated heterocycles. The highest BCUT2D eigenvalue weighted by molar-refractivity contribution is 8.26. The number of hydrogen-bond donors (Lipinski definition) is 2. The van der Waals surface area contributed by atoms with Gasteiger partial charge in [0, 0.05) is 5.56 Å². The van der Waals surface area contributed by atoms with Crippen LogP contribution in [-0.4, -0.2) is 40.1 Å². The van der Waals surface area contributed by atoms with Gasteiger partial charge in [0.2, 0.25) is 0 Å². The van der Waals surface area contributed by atoms with Gasteiger partial charge in [-0.15, -0.1) is 0 Å². The second kappa shape index (κ2) is 10.2. The number of benzene rings is 2. The van der Waals surface area contributed by atoms with Crippen LogP contribution in [0.3, 0.4) is 0 Å².